The minimum atomic E-state index is -0.429. The Morgan fingerprint density at radius 1 is 1.44 bits per heavy atom. The van der Waals surface area contributed by atoms with E-state index >= 15 is 0 Å². The maximum Gasteiger partial charge on any atom is 0.145 e. The van der Waals surface area contributed by atoms with Crippen LogP contribution in [0.2, 0.25) is 5.02 Å². The van der Waals surface area contributed by atoms with Crippen molar-refractivity contribution >= 4 is 11.6 Å². The van der Waals surface area contributed by atoms with E-state index in [4.69, 9.17) is 16.3 Å². The molecule has 0 aromatic heterocycles. The van der Waals surface area contributed by atoms with E-state index in [2.05, 4.69) is 19.2 Å². The van der Waals surface area contributed by atoms with Crippen LogP contribution in [0, 0.1) is 17.7 Å². The highest BCUT2D eigenvalue weighted by atomic mass is 35.5. The van der Waals surface area contributed by atoms with Gasteiger partial charge in [0.2, 0.25) is 0 Å². The van der Waals surface area contributed by atoms with Gasteiger partial charge in [0.15, 0.2) is 0 Å². The zero-order valence-electron chi connectivity index (χ0n) is 10.7. The van der Waals surface area contributed by atoms with Gasteiger partial charge in [0.05, 0.1) is 0 Å². The van der Waals surface area contributed by atoms with Gasteiger partial charge in [-0.15, -0.1) is 0 Å². The van der Waals surface area contributed by atoms with Crippen LogP contribution in [0.3, 0.4) is 0 Å². The third-order valence-electron chi connectivity index (χ3n) is 3.40. The summed E-state index contributed by atoms with van der Waals surface area (Å²) >= 11 is 5.93. The molecular weight excluding hydrogens is 253 g/mol. The number of hydrogen-bond donors (Lipinski definition) is 1. The van der Waals surface area contributed by atoms with Crippen molar-refractivity contribution in [2.24, 2.45) is 11.8 Å². The molecule has 0 spiro atoms. The van der Waals surface area contributed by atoms with E-state index < -0.39 is 5.82 Å². The molecule has 0 bridgehead atoms. The first-order valence-electron chi connectivity index (χ1n) is 6.41. The van der Waals surface area contributed by atoms with Crippen molar-refractivity contribution in [1.82, 2.24) is 5.32 Å². The van der Waals surface area contributed by atoms with E-state index in [1.54, 1.807) is 12.1 Å². The lowest BCUT2D eigenvalue weighted by atomic mass is 9.92. The van der Waals surface area contributed by atoms with Crippen molar-refractivity contribution in [1.29, 1.82) is 0 Å². The third kappa shape index (κ3) is 2.96. The molecule has 1 aromatic rings. The lowest BCUT2D eigenvalue weighted by molar-refractivity contribution is 0.0971. The minimum Gasteiger partial charge on any atom is -0.488 e. The summed E-state index contributed by atoms with van der Waals surface area (Å²) in [4.78, 5) is 0. The van der Waals surface area contributed by atoms with Gasteiger partial charge in [0, 0.05) is 12.5 Å². The van der Waals surface area contributed by atoms with E-state index in [1.807, 2.05) is 0 Å². The number of nitrogens with one attached hydrogen (secondary N) is 1. The van der Waals surface area contributed by atoms with Crippen LogP contribution in [0.4, 0.5) is 4.39 Å². The molecule has 2 nitrogen and oxygen atoms in total. The number of rotatable bonds is 4. The van der Waals surface area contributed by atoms with Crippen LogP contribution in [-0.4, -0.2) is 19.2 Å². The average molecular weight is 272 g/mol. The molecule has 1 fully saturated rings. The molecule has 2 rings (SSSR count). The minimum absolute atomic E-state index is 0.0688. The molecule has 1 aliphatic heterocycles. The van der Waals surface area contributed by atoms with Crippen LogP contribution in [0.1, 0.15) is 20.3 Å². The lowest BCUT2D eigenvalue weighted by Gasteiger charge is -2.28. The molecule has 1 N–H and O–H groups in total. The summed E-state index contributed by atoms with van der Waals surface area (Å²) in [5, 5.41) is 3.41. The number of halogens is 2. The highest BCUT2D eigenvalue weighted by molar-refractivity contribution is 6.32. The second-order valence-corrected chi connectivity index (χ2v) is 5.51. The molecule has 1 aliphatic rings. The van der Waals surface area contributed by atoms with Crippen LogP contribution in [0.15, 0.2) is 18.2 Å². The summed E-state index contributed by atoms with van der Waals surface area (Å²) in [5.41, 5.74) is 0. The smallest absolute Gasteiger partial charge is 0.145 e. The van der Waals surface area contributed by atoms with Gasteiger partial charge in [-0.25, -0.2) is 4.39 Å². The molecule has 0 radical (unpaired) electrons. The van der Waals surface area contributed by atoms with E-state index in [9.17, 15) is 4.39 Å². The Morgan fingerprint density at radius 3 is 2.83 bits per heavy atom. The van der Waals surface area contributed by atoms with Crippen LogP contribution in [-0.2, 0) is 0 Å². The zero-order valence-corrected chi connectivity index (χ0v) is 11.5. The highest BCUT2D eigenvalue weighted by Crippen LogP contribution is 2.31. The van der Waals surface area contributed by atoms with E-state index in [0.29, 0.717) is 17.6 Å². The fraction of sp³-hybridized carbons (Fsp3) is 0.571. The topological polar surface area (TPSA) is 21.3 Å². The fourth-order valence-corrected chi connectivity index (χ4v) is 2.63. The standard InChI is InChI=1S/C14H19ClFNO/c1-9(2)14(10-6-7-17-8-10)18-12-5-3-4-11(16)13(12)15/h3-5,9-10,14,17H,6-8H2,1-2H3/t10?,14-/m1/s1. The SMILES string of the molecule is CC(C)[C@@H](Oc1cccc(F)c1Cl)C1CCNC1. The normalized spacial score (nSPS) is 21.3. The molecule has 1 unspecified atom stereocenters. The van der Waals surface area contributed by atoms with Gasteiger partial charge in [-0.2, -0.15) is 0 Å². The second-order valence-electron chi connectivity index (χ2n) is 5.13. The van der Waals surface area contributed by atoms with Crippen molar-refractivity contribution in [3.8, 4) is 5.75 Å². The van der Waals surface area contributed by atoms with Crippen LogP contribution in [0.5, 0.6) is 5.75 Å². The van der Waals surface area contributed by atoms with Gasteiger partial charge < -0.3 is 10.1 Å². The van der Waals surface area contributed by atoms with Crippen LogP contribution < -0.4 is 10.1 Å². The Labute approximate surface area is 112 Å². The molecule has 0 saturated carbocycles. The molecule has 0 aliphatic carbocycles. The third-order valence-corrected chi connectivity index (χ3v) is 3.77. The maximum absolute atomic E-state index is 13.4. The Kier molecular flexibility index (Phi) is 4.46. The Balaban J connectivity index is 2.15. The van der Waals surface area contributed by atoms with Crippen molar-refractivity contribution in [3.05, 3.63) is 29.0 Å². The van der Waals surface area contributed by atoms with Crippen molar-refractivity contribution < 1.29 is 9.13 Å². The average Bonchev–Trinajstić information content (AvgIpc) is 2.84. The number of hydrogen-bond acceptors (Lipinski definition) is 2. The molecule has 2 atom stereocenters. The first kappa shape index (κ1) is 13.6. The largest absolute Gasteiger partial charge is 0.488 e. The second kappa shape index (κ2) is 5.89. The zero-order chi connectivity index (χ0) is 13.1. The summed E-state index contributed by atoms with van der Waals surface area (Å²) in [6.07, 6.45) is 1.16. The Hall–Kier alpha value is -0.800. The highest BCUT2D eigenvalue weighted by Gasteiger charge is 2.29. The van der Waals surface area contributed by atoms with Gasteiger partial charge in [-0.05, 0) is 31.0 Å². The molecular formula is C14H19ClFNO. The fourth-order valence-electron chi connectivity index (χ4n) is 2.46. The molecule has 4 heteroatoms. The van der Waals surface area contributed by atoms with E-state index in [1.165, 1.54) is 6.07 Å². The number of ether oxygens (including phenoxy) is 1. The lowest BCUT2D eigenvalue weighted by Crippen LogP contribution is -2.33. The molecule has 1 saturated heterocycles. The molecule has 1 aromatic carbocycles. The van der Waals surface area contributed by atoms with Gasteiger partial charge in [-0.3, -0.25) is 0 Å². The molecule has 0 amide bonds. The van der Waals surface area contributed by atoms with Crippen LogP contribution >= 0.6 is 11.6 Å². The maximum atomic E-state index is 13.4. The van der Waals surface area contributed by atoms with Gasteiger partial charge in [0.1, 0.15) is 22.7 Å². The predicted molar refractivity (Wildman–Crippen MR) is 71.6 cm³/mol. The van der Waals surface area contributed by atoms with Gasteiger partial charge in [-0.1, -0.05) is 31.5 Å². The summed E-state index contributed by atoms with van der Waals surface area (Å²) < 4.78 is 19.3. The summed E-state index contributed by atoms with van der Waals surface area (Å²) in [7, 11) is 0. The van der Waals surface area contributed by atoms with Crippen molar-refractivity contribution in [2.45, 2.75) is 26.4 Å². The van der Waals surface area contributed by atoms with Gasteiger partial charge in [0.25, 0.3) is 0 Å². The first-order chi connectivity index (χ1) is 8.59. The predicted octanol–water partition coefficient (Wildman–Crippen LogP) is 3.49. The summed E-state index contributed by atoms with van der Waals surface area (Å²) in [5.74, 6) is 0.849. The van der Waals surface area contributed by atoms with Gasteiger partial charge >= 0.3 is 0 Å². The monoisotopic (exact) mass is 271 g/mol. The van der Waals surface area contributed by atoms with Crippen molar-refractivity contribution in [2.75, 3.05) is 13.1 Å². The summed E-state index contributed by atoms with van der Waals surface area (Å²) in [6.45, 7) is 6.22. The Morgan fingerprint density at radius 2 is 2.22 bits per heavy atom. The summed E-state index contributed by atoms with van der Waals surface area (Å²) in [6, 6.07) is 4.70. The van der Waals surface area contributed by atoms with E-state index in [-0.39, 0.29) is 11.1 Å². The Bertz CT molecular complexity index is 405. The molecule has 100 valence electrons. The molecule has 18 heavy (non-hydrogen) atoms. The quantitative estimate of drug-likeness (QED) is 0.905. The van der Waals surface area contributed by atoms with E-state index in [0.717, 1.165) is 19.5 Å². The molecule has 1 heterocycles. The van der Waals surface area contributed by atoms with Crippen LogP contribution in [0.25, 0.3) is 0 Å². The number of benzene rings is 1. The first-order valence-corrected chi connectivity index (χ1v) is 6.78. The van der Waals surface area contributed by atoms with Crippen molar-refractivity contribution in [3.63, 3.8) is 0 Å².